The Balaban J connectivity index is 1.35. The van der Waals surface area contributed by atoms with Gasteiger partial charge in [0.05, 0.1) is 10.3 Å². The van der Waals surface area contributed by atoms with Gasteiger partial charge in [-0.2, -0.15) is 0 Å². The number of nitrogens with zero attached hydrogens (tertiary/aromatic N) is 6. The van der Waals surface area contributed by atoms with Gasteiger partial charge in [-0.15, -0.1) is 11.3 Å². The maximum absolute atomic E-state index is 13.5. The third-order valence-corrected chi connectivity index (χ3v) is 7.90. The second kappa shape index (κ2) is 9.03. The summed E-state index contributed by atoms with van der Waals surface area (Å²) in [5.41, 5.74) is 2.25. The molecule has 4 heterocycles. The predicted octanol–water partition coefficient (Wildman–Crippen LogP) is 3.10. The van der Waals surface area contributed by atoms with Gasteiger partial charge in [-0.25, -0.2) is 9.97 Å². The number of hydrogen-bond donors (Lipinski definition) is 0. The van der Waals surface area contributed by atoms with Gasteiger partial charge in [0.25, 0.3) is 5.91 Å². The first kappa shape index (κ1) is 21.2. The SMILES string of the molecule is CCN1CCN(c2ncnc3sc(C(=O)N4CCN(c5ccccc5)CC4)c(C)c23)CC1. The molecule has 0 saturated carbocycles. The number of aromatic nitrogens is 2. The fourth-order valence-corrected chi connectivity index (χ4v) is 5.83. The number of carbonyl (C=O) groups is 1. The summed E-state index contributed by atoms with van der Waals surface area (Å²) in [6.45, 7) is 12.5. The molecule has 2 fully saturated rings. The van der Waals surface area contributed by atoms with Gasteiger partial charge in [0, 0.05) is 58.0 Å². The number of hydrogen-bond acceptors (Lipinski definition) is 7. The molecule has 8 heteroatoms. The first-order valence-corrected chi connectivity index (χ1v) is 12.3. The molecule has 5 rings (SSSR count). The number of piperazine rings is 2. The van der Waals surface area contributed by atoms with Crippen molar-refractivity contribution in [3.8, 4) is 0 Å². The Morgan fingerprint density at radius 2 is 1.62 bits per heavy atom. The Morgan fingerprint density at radius 3 is 2.31 bits per heavy atom. The highest BCUT2D eigenvalue weighted by Gasteiger charge is 2.28. The number of anilines is 2. The molecule has 2 aliphatic heterocycles. The maximum atomic E-state index is 13.5. The molecule has 2 aromatic heterocycles. The van der Waals surface area contributed by atoms with E-state index in [0.717, 1.165) is 85.4 Å². The third kappa shape index (κ3) is 3.93. The van der Waals surface area contributed by atoms with Gasteiger partial charge in [0.15, 0.2) is 0 Å². The number of likely N-dealkylation sites (N-methyl/N-ethyl adjacent to an activating group) is 1. The second-order valence-electron chi connectivity index (χ2n) is 8.47. The lowest BCUT2D eigenvalue weighted by Gasteiger charge is -2.36. The number of carbonyl (C=O) groups excluding carboxylic acids is 1. The van der Waals surface area contributed by atoms with Crippen LogP contribution in [0.1, 0.15) is 22.2 Å². The molecule has 1 amide bonds. The molecule has 1 aromatic carbocycles. The van der Waals surface area contributed by atoms with Crippen molar-refractivity contribution in [1.29, 1.82) is 0 Å². The fraction of sp³-hybridized carbons (Fsp3) is 0.458. The van der Waals surface area contributed by atoms with Gasteiger partial charge < -0.3 is 19.6 Å². The van der Waals surface area contributed by atoms with Crippen molar-refractivity contribution in [3.63, 3.8) is 0 Å². The monoisotopic (exact) mass is 450 g/mol. The zero-order valence-corrected chi connectivity index (χ0v) is 19.6. The van der Waals surface area contributed by atoms with Crippen molar-refractivity contribution < 1.29 is 4.79 Å². The van der Waals surface area contributed by atoms with Crippen molar-refractivity contribution in [2.75, 3.05) is 68.7 Å². The van der Waals surface area contributed by atoms with Crippen molar-refractivity contribution in [2.24, 2.45) is 0 Å². The summed E-state index contributed by atoms with van der Waals surface area (Å²) in [5, 5.41) is 1.05. The topological polar surface area (TPSA) is 55.8 Å². The largest absolute Gasteiger partial charge is 0.368 e. The van der Waals surface area contributed by atoms with Gasteiger partial charge in [-0.1, -0.05) is 25.1 Å². The van der Waals surface area contributed by atoms with Crippen molar-refractivity contribution in [1.82, 2.24) is 19.8 Å². The fourth-order valence-electron chi connectivity index (χ4n) is 4.72. The van der Waals surface area contributed by atoms with E-state index in [1.54, 1.807) is 6.33 Å². The molecule has 168 valence electrons. The van der Waals surface area contributed by atoms with E-state index >= 15 is 0 Å². The number of fused-ring (bicyclic) bond motifs is 1. The minimum absolute atomic E-state index is 0.125. The molecule has 2 saturated heterocycles. The van der Waals surface area contributed by atoms with Crippen LogP contribution in [0.2, 0.25) is 0 Å². The summed E-state index contributed by atoms with van der Waals surface area (Å²) in [6, 6.07) is 10.4. The zero-order valence-electron chi connectivity index (χ0n) is 18.8. The van der Waals surface area contributed by atoms with Gasteiger partial charge >= 0.3 is 0 Å². The van der Waals surface area contributed by atoms with Crippen LogP contribution in [0.5, 0.6) is 0 Å². The van der Waals surface area contributed by atoms with Crippen LogP contribution in [-0.2, 0) is 0 Å². The zero-order chi connectivity index (χ0) is 22.1. The summed E-state index contributed by atoms with van der Waals surface area (Å²) in [5.74, 6) is 1.10. The maximum Gasteiger partial charge on any atom is 0.264 e. The molecule has 2 aliphatic rings. The van der Waals surface area contributed by atoms with E-state index in [2.05, 4.69) is 62.8 Å². The average molecular weight is 451 g/mol. The number of benzene rings is 1. The van der Waals surface area contributed by atoms with Gasteiger partial charge in [0.2, 0.25) is 0 Å². The highest BCUT2D eigenvalue weighted by molar-refractivity contribution is 7.20. The average Bonchev–Trinajstić information content (AvgIpc) is 3.21. The van der Waals surface area contributed by atoms with Gasteiger partial charge in [0.1, 0.15) is 17.0 Å². The Kier molecular flexibility index (Phi) is 5.97. The molecule has 0 aliphatic carbocycles. The summed E-state index contributed by atoms with van der Waals surface area (Å²) in [6.07, 6.45) is 1.65. The molecule has 0 N–H and O–H groups in total. The Labute approximate surface area is 193 Å². The van der Waals surface area contributed by atoms with Crippen LogP contribution < -0.4 is 9.80 Å². The van der Waals surface area contributed by atoms with Crippen LogP contribution in [0.3, 0.4) is 0 Å². The van der Waals surface area contributed by atoms with E-state index in [-0.39, 0.29) is 5.91 Å². The normalized spacial score (nSPS) is 17.9. The van der Waals surface area contributed by atoms with Crippen LogP contribution >= 0.6 is 11.3 Å². The van der Waals surface area contributed by atoms with Crippen molar-refractivity contribution in [3.05, 3.63) is 47.1 Å². The highest BCUT2D eigenvalue weighted by Crippen LogP contribution is 2.36. The minimum Gasteiger partial charge on any atom is -0.368 e. The lowest BCUT2D eigenvalue weighted by atomic mass is 10.1. The number of rotatable bonds is 4. The first-order valence-electron chi connectivity index (χ1n) is 11.5. The van der Waals surface area contributed by atoms with Crippen molar-refractivity contribution >= 4 is 39.0 Å². The lowest BCUT2D eigenvalue weighted by molar-refractivity contribution is 0.0751. The van der Waals surface area contributed by atoms with Crippen LogP contribution in [0.25, 0.3) is 10.2 Å². The van der Waals surface area contributed by atoms with Crippen LogP contribution in [0.4, 0.5) is 11.5 Å². The second-order valence-corrected chi connectivity index (χ2v) is 9.47. The molecular weight excluding hydrogens is 420 g/mol. The van der Waals surface area contributed by atoms with Crippen LogP contribution in [0.15, 0.2) is 36.7 Å². The minimum atomic E-state index is 0.125. The summed E-state index contributed by atoms with van der Waals surface area (Å²) >= 11 is 1.51. The lowest BCUT2D eigenvalue weighted by Crippen LogP contribution is -2.48. The van der Waals surface area contributed by atoms with E-state index < -0.39 is 0 Å². The first-order chi connectivity index (χ1) is 15.7. The highest BCUT2D eigenvalue weighted by atomic mass is 32.1. The third-order valence-electron chi connectivity index (χ3n) is 6.71. The van der Waals surface area contributed by atoms with Crippen LogP contribution in [0, 0.1) is 6.92 Å². The molecule has 0 bridgehead atoms. The van der Waals surface area contributed by atoms with E-state index in [1.165, 1.54) is 17.0 Å². The molecular formula is C24H30N6OS. The van der Waals surface area contributed by atoms with E-state index in [4.69, 9.17) is 0 Å². The Morgan fingerprint density at radius 1 is 0.938 bits per heavy atom. The Hall–Kier alpha value is -2.71. The quantitative estimate of drug-likeness (QED) is 0.609. The summed E-state index contributed by atoms with van der Waals surface area (Å²) in [7, 11) is 0. The van der Waals surface area contributed by atoms with E-state index in [0.29, 0.717) is 0 Å². The number of amides is 1. The molecule has 0 spiro atoms. The summed E-state index contributed by atoms with van der Waals surface area (Å²) < 4.78 is 0. The summed E-state index contributed by atoms with van der Waals surface area (Å²) in [4.78, 5) is 33.5. The standard InChI is InChI=1S/C24H30N6OS/c1-3-27-9-11-29(12-10-27)22-20-18(2)21(32-23(20)26-17-25-22)24(31)30-15-13-28(14-16-30)19-7-5-4-6-8-19/h4-8,17H,3,9-16H2,1-2H3. The predicted molar refractivity (Wildman–Crippen MR) is 131 cm³/mol. The molecule has 3 aromatic rings. The van der Waals surface area contributed by atoms with E-state index in [9.17, 15) is 4.79 Å². The number of para-hydroxylation sites is 1. The van der Waals surface area contributed by atoms with Gasteiger partial charge in [-0.3, -0.25) is 4.79 Å². The van der Waals surface area contributed by atoms with Crippen molar-refractivity contribution in [2.45, 2.75) is 13.8 Å². The van der Waals surface area contributed by atoms with Crippen LogP contribution in [-0.4, -0.2) is 84.6 Å². The van der Waals surface area contributed by atoms with E-state index in [1.807, 2.05) is 11.0 Å². The Bertz CT molecular complexity index is 1080. The van der Waals surface area contributed by atoms with Gasteiger partial charge in [-0.05, 0) is 31.2 Å². The molecule has 0 radical (unpaired) electrons. The molecule has 7 nitrogen and oxygen atoms in total. The molecule has 0 atom stereocenters. The number of aryl methyl sites for hydroxylation is 1. The number of thiophene rings is 1. The molecule has 32 heavy (non-hydrogen) atoms. The smallest absolute Gasteiger partial charge is 0.264 e. The molecule has 0 unspecified atom stereocenters.